The highest BCUT2D eigenvalue weighted by Crippen LogP contribution is 2.42. The molecule has 0 unspecified atom stereocenters. The topological polar surface area (TPSA) is 43.8 Å². The molecule has 3 rings (SSSR count). The Balaban J connectivity index is 1.87. The Kier molecular flexibility index (Phi) is 2.85. The summed E-state index contributed by atoms with van der Waals surface area (Å²) in [6.45, 7) is 0. The van der Waals surface area contributed by atoms with Gasteiger partial charge in [0.25, 0.3) is 0 Å². The second-order valence-corrected chi connectivity index (χ2v) is 5.76. The van der Waals surface area contributed by atoms with Crippen LogP contribution in [0.3, 0.4) is 0 Å². The van der Waals surface area contributed by atoms with E-state index in [0.29, 0.717) is 11.8 Å². The molecule has 0 spiro atoms. The van der Waals surface area contributed by atoms with Crippen LogP contribution < -0.4 is 5.73 Å². The molecule has 2 saturated carbocycles. The predicted octanol–water partition coefficient (Wildman–Crippen LogP) is 3.32. The van der Waals surface area contributed by atoms with E-state index in [9.17, 15) is 0 Å². The fourth-order valence-corrected chi connectivity index (χ4v) is 3.11. The lowest BCUT2D eigenvalue weighted by atomic mass is 9.96. The van der Waals surface area contributed by atoms with Gasteiger partial charge in [0.05, 0.1) is 5.69 Å². The standard InChI is InChI=1S/C14H23N3/c1-17-13(15)12(16-14(17)11-8-9-11)10-6-4-2-3-5-7-10/h10-11H,2-9,15H2,1H3. The second-order valence-electron chi connectivity index (χ2n) is 5.76. The summed E-state index contributed by atoms with van der Waals surface area (Å²) in [5.74, 6) is 3.48. The van der Waals surface area contributed by atoms with Gasteiger partial charge in [0.1, 0.15) is 11.6 Å². The molecule has 1 aromatic heterocycles. The Hall–Kier alpha value is -0.990. The summed E-state index contributed by atoms with van der Waals surface area (Å²) < 4.78 is 2.14. The number of hydrogen-bond donors (Lipinski definition) is 1. The molecule has 2 aliphatic rings. The Labute approximate surface area is 103 Å². The van der Waals surface area contributed by atoms with Crippen LogP contribution in [0.4, 0.5) is 5.82 Å². The van der Waals surface area contributed by atoms with E-state index in [0.717, 1.165) is 5.82 Å². The first-order valence-corrected chi connectivity index (χ1v) is 7.09. The third kappa shape index (κ3) is 2.07. The van der Waals surface area contributed by atoms with Crippen molar-refractivity contribution >= 4 is 5.82 Å². The van der Waals surface area contributed by atoms with Gasteiger partial charge < -0.3 is 10.3 Å². The molecule has 0 atom stereocenters. The second kappa shape index (κ2) is 4.35. The van der Waals surface area contributed by atoms with Crippen molar-refractivity contribution in [3.05, 3.63) is 11.5 Å². The van der Waals surface area contributed by atoms with Crippen LogP contribution in [0.5, 0.6) is 0 Å². The lowest BCUT2D eigenvalue weighted by Crippen LogP contribution is -2.04. The molecule has 2 fully saturated rings. The molecule has 17 heavy (non-hydrogen) atoms. The monoisotopic (exact) mass is 233 g/mol. The van der Waals surface area contributed by atoms with Gasteiger partial charge in [-0.05, 0) is 25.7 Å². The van der Waals surface area contributed by atoms with Gasteiger partial charge in [-0.15, -0.1) is 0 Å². The minimum absolute atomic E-state index is 0.621. The van der Waals surface area contributed by atoms with Gasteiger partial charge in [-0.2, -0.15) is 0 Å². The molecule has 0 radical (unpaired) electrons. The van der Waals surface area contributed by atoms with E-state index < -0.39 is 0 Å². The summed E-state index contributed by atoms with van der Waals surface area (Å²) in [5.41, 5.74) is 7.46. The van der Waals surface area contributed by atoms with Crippen molar-refractivity contribution in [2.45, 2.75) is 63.2 Å². The number of rotatable bonds is 2. The van der Waals surface area contributed by atoms with Crippen molar-refractivity contribution in [2.24, 2.45) is 7.05 Å². The van der Waals surface area contributed by atoms with Crippen LogP contribution in [0.1, 0.15) is 74.7 Å². The molecule has 2 N–H and O–H groups in total. The maximum Gasteiger partial charge on any atom is 0.126 e. The van der Waals surface area contributed by atoms with Crippen molar-refractivity contribution in [3.63, 3.8) is 0 Å². The highest BCUT2D eigenvalue weighted by atomic mass is 15.1. The summed E-state index contributed by atoms with van der Waals surface area (Å²) in [5, 5.41) is 0. The highest BCUT2D eigenvalue weighted by Gasteiger charge is 2.31. The molecule has 1 aromatic rings. The van der Waals surface area contributed by atoms with Gasteiger partial charge in [0, 0.05) is 18.9 Å². The fourth-order valence-electron chi connectivity index (χ4n) is 3.11. The first kappa shape index (κ1) is 11.1. The van der Waals surface area contributed by atoms with E-state index in [-0.39, 0.29) is 0 Å². The first-order valence-electron chi connectivity index (χ1n) is 7.09. The SMILES string of the molecule is Cn1c(C2CC2)nc(C2CCCCCC2)c1N. The molecule has 0 amide bonds. The zero-order valence-corrected chi connectivity index (χ0v) is 10.8. The summed E-state index contributed by atoms with van der Waals surface area (Å²) in [6, 6.07) is 0. The Morgan fingerprint density at radius 3 is 2.24 bits per heavy atom. The third-order valence-corrected chi connectivity index (χ3v) is 4.39. The summed E-state index contributed by atoms with van der Waals surface area (Å²) in [7, 11) is 2.08. The molecule has 0 bridgehead atoms. The van der Waals surface area contributed by atoms with Crippen molar-refractivity contribution in [1.29, 1.82) is 0 Å². The molecule has 2 aliphatic carbocycles. The van der Waals surface area contributed by atoms with E-state index in [4.69, 9.17) is 10.7 Å². The number of nitrogen functional groups attached to an aromatic ring is 1. The molecule has 0 saturated heterocycles. The van der Waals surface area contributed by atoms with Crippen molar-refractivity contribution < 1.29 is 0 Å². The quantitative estimate of drug-likeness (QED) is 0.796. The van der Waals surface area contributed by atoms with Gasteiger partial charge >= 0.3 is 0 Å². The van der Waals surface area contributed by atoms with Crippen LogP contribution in [-0.2, 0) is 7.05 Å². The molecular formula is C14H23N3. The number of hydrogen-bond acceptors (Lipinski definition) is 2. The zero-order chi connectivity index (χ0) is 11.8. The lowest BCUT2D eigenvalue weighted by molar-refractivity contribution is 0.580. The smallest absolute Gasteiger partial charge is 0.126 e. The average molecular weight is 233 g/mol. The van der Waals surface area contributed by atoms with Crippen LogP contribution in [0.2, 0.25) is 0 Å². The fraction of sp³-hybridized carbons (Fsp3) is 0.786. The number of nitrogens with two attached hydrogens (primary N) is 1. The van der Waals surface area contributed by atoms with Gasteiger partial charge in [-0.25, -0.2) is 4.98 Å². The van der Waals surface area contributed by atoms with Gasteiger partial charge in [0.15, 0.2) is 0 Å². The maximum absolute atomic E-state index is 6.25. The van der Waals surface area contributed by atoms with E-state index >= 15 is 0 Å². The van der Waals surface area contributed by atoms with E-state index in [2.05, 4.69) is 11.6 Å². The van der Waals surface area contributed by atoms with Crippen molar-refractivity contribution in [3.8, 4) is 0 Å². The number of nitrogens with zero attached hydrogens (tertiary/aromatic N) is 2. The van der Waals surface area contributed by atoms with Crippen LogP contribution in [0, 0.1) is 0 Å². The van der Waals surface area contributed by atoms with Gasteiger partial charge in [-0.3, -0.25) is 0 Å². The average Bonchev–Trinajstić information content (AvgIpc) is 3.13. The zero-order valence-electron chi connectivity index (χ0n) is 10.8. The molecule has 94 valence electrons. The van der Waals surface area contributed by atoms with Crippen molar-refractivity contribution in [1.82, 2.24) is 9.55 Å². The molecule has 3 heteroatoms. The molecular weight excluding hydrogens is 210 g/mol. The molecule has 1 heterocycles. The molecule has 0 aromatic carbocycles. The molecule has 0 aliphatic heterocycles. The van der Waals surface area contributed by atoms with Gasteiger partial charge in [0.2, 0.25) is 0 Å². The maximum atomic E-state index is 6.25. The lowest BCUT2D eigenvalue weighted by Gasteiger charge is -2.12. The Bertz CT molecular complexity index is 396. The summed E-state index contributed by atoms with van der Waals surface area (Å²) in [6.07, 6.45) is 10.6. The number of aromatic nitrogens is 2. The summed E-state index contributed by atoms with van der Waals surface area (Å²) >= 11 is 0. The third-order valence-electron chi connectivity index (χ3n) is 4.39. The minimum Gasteiger partial charge on any atom is -0.384 e. The normalized spacial score (nSPS) is 22.6. The van der Waals surface area contributed by atoms with Crippen LogP contribution in [0.25, 0.3) is 0 Å². The highest BCUT2D eigenvalue weighted by molar-refractivity contribution is 5.41. The van der Waals surface area contributed by atoms with Crippen LogP contribution in [-0.4, -0.2) is 9.55 Å². The molecule has 3 nitrogen and oxygen atoms in total. The van der Waals surface area contributed by atoms with Crippen LogP contribution >= 0.6 is 0 Å². The van der Waals surface area contributed by atoms with E-state index in [1.165, 1.54) is 62.9 Å². The van der Waals surface area contributed by atoms with E-state index in [1.807, 2.05) is 0 Å². The van der Waals surface area contributed by atoms with Crippen molar-refractivity contribution in [2.75, 3.05) is 5.73 Å². The summed E-state index contributed by atoms with van der Waals surface area (Å²) in [4.78, 5) is 4.87. The van der Waals surface area contributed by atoms with E-state index in [1.54, 1.807) is 0 Å². The predicted molar refractivity (Wildman–Crippen MR) is 70.0 cm³/mol. The Morgan fingerprint density at radius 2 is 1.65 bits per heavy atom. The number of imidazole rings is 1. The largest absolute Gasteiger partial charge is 0.384 e. The van der Waals surface area contributed by atoms with Crippen LogP contribution in [0.15, 0.2) is 0 Å². The number of anilines is 1. The minimum atomic E-state index is 0.621. The Morgan fingerprint density at radius 1 is 1.00 bits per heavy atom. The first-order chi connectivity index (χ1) is 8.27. The van der Waals surface area contributed by atoms with Gasteiger partial charge in [-0.1, -0.05) is 25.7 Å².